The van der Waals surface area contributed by atoms with E-state index < -0.39 is 0 Å². The third-order valence-corrected chi connectivity index (χ3v) is 7.84. The molecule has 0 fully saturated rings. The zero-order valence-corrected chi connectivity index (χ0v) is 21.0. The average Bonchev–Trinajstić information content (AvgIpc) is 2.80. The van der Waals surface area contributed by atoms with Crippen LogP contribution in [0.5, 0.6) is 0 Å². The number of benzene rings is 6. The van der Waals surface area contributed by atoms with E-state index in [1.807, 2.05) is 0 Å². The molecule has 0 amide bonds. The zero-order chi connectivity index (χ0) is 22.0. The van der Waals surface area contributed by atoms with E-state index in [4.69, 9.17) is 0 Å². The van der Waals surface area contributed by atoms with Gasteiger partial charge in [-0.25, -0.2) is 0 Å². The Morgan fingerprint density at radius 3 is 1.16 bits per heavy atom. The van der Waals surface area contributed by atoms with Gasteiger partial charge < -0.3 is 0 Å². The summed E-state index contributed by atoms with van der Waals surface area (Å²) >= 11 is 7.76. The van der Waals surface area contributed by atoms with Crippen LogP contribution in [0.25, 0.3) is 54.6 Å². The summed E-state index contributed by atoms with van der Waals surface area (Å²) in [6.07, 6.45) is 0. The van der Waals surface area contributed by atoms with Crippen molar-refractivity contribution < 1.29 is 0 Å². The van der Waals surface area contributed by atoms with E-state index in [1.54, 1.807) is 0 Å². The molecule has 6 aromatic rings. The maximum absolute atomic E-state index is 3.88. The Hall–Kier alpha value is -2.68. The molecule has 0 atom stereocenters. The fraction of sp³-hybridized carbons (Fsp3) is 0.0667. The van der Waals surface area contributed by atoms with Crippen LogP contribution in [0.1, 0.15) is 11.1 Å². The highest BCUT2D eigenvalue weighted by Crippen LogP contribution is 2.46. The Morgan fingerprint density at radius 1 is 0.438 bits per heavy atom. The molecule has 0 saturated carbocycles. The molecular weight excluding hydrogens is 520 g/mol. The molecule has 0 saturated heterocycles. The highest BCUT2D eigenvalue weighted by atomic mass is 79.9. The summed E-state index contributed by atoms with van der Waals surface area (Å²) in [5.74, 6) is 0. The summed E-state index contributed by atoms with van der Waals surface area (Å²) < 4.78 is 2.26. The topological polar surface area (TPSA) is 0 Å². The molecule has 0 aromatic heterocycles. The zero-order valence-electron chi connectivity index (χ0n) is 17.8. The molecule has 0 N–H and O–H groups in total. The van der Waals surface area contributed by atoms with E-state index >= 15 is 0 Å². The number of hydrogen-bond donors (Lipinski definition) is 0. The number of rotatable bonds is 2. The normalized spacial score (nSPS) is 11.8. The molecule has 32 heavy (non-hydrogen) atoms. The SMILES string of the molecule is Cc1ccc(-c2cc(Br)c3ccc4c(-c5ccc(C)cc5)cc(Br)c5ccc2c3c54)cc1. The predicted molar refractivity (Wildman–Crippen MR) is 146 cm³/mol. The van der Waals surface area contributed by atoms with E-state index in [0.29, 0.717) is 0 Å². The van der Waals surface area contributed by atoms with Crippen LogP contribution in [0.3, 0.4) is 0 Å². The van der Waals surface area contributed by atoms with Crippen molar-refractivity contribution in [3.63, 3.8) is 0 Å². The lowest BCUT2D eigenvalue weighted by atomic mass is 9.87. The maximum atomic E-state index is 3.88. The molecule has 0 bridgehead atoms. The van der Waals surface area contributed by atoms with Crippen molar-refractivity contribution in [2.45, 2.75) is 13.8 Å². The smallest absolute Gasteiger partial charge is 0.0260 e. The molecule has 6 aromatic carbocycles. The van der Waals surface area contributed by atoms with Gasteiger partial charge in [0.1, 0.15) is 0 Å². The van der Waals surface area contributed by atoms with Crippen LogP contribution < -0.4 is 0 Å². The van der Waals surface area contributed by atoms with Crippen LogP contribution in [0.15, 0.2) is 93.9 Å². The molecule has 0 radical (unpaired) electrons. The van der Waals surface area contributed by atoms with Gasteiger partial charge in [-0.3, -0.25) is 0 Å². The standard InChI is InChI=1S/C30H20Br2/c1-17-3-7-19(8-4-17)25-15-27(31)23-14-12-22-26(20-9-5-18(2)6-10-20)16-28(32)24-13-11-21(25)29(23)30(22)24/h3-16H,1-2H3. The van der Waals surface area contributed by atoms with Gasteiger partial charge in [0.05, 0.1) is 0 Å². The van der Waals surface area contributed by atoms with Crippen molar-refractivity contribution in [3.05, 3.63) is 105 Å². The van der Waals surface area contributed by atoms with E-state index in [1.165, 1.54) is 65.7 Å². The number of hydrogen-bond acceptors (Lipinski definition) is 0. The minimum Gasteiger partial charge on any atom is -0.0587 e. The number of aryl methyl sites for hydroxylation is 2. The lowest BCUT2D eigenvalue weighted by molar-refractivity contribution is 1.47. The van der Waals surface area contributed by atoms with Gasteiger partial charge in [0.25, 0.3) is 0 Å². The summed E-state index contributed by atoms with van der Waals surface area (Å²) in [5.41, 5.74) is 7.56. The average molecular weight is 540 g/mol. The maximum Gasteiger partial charge on any atom is 0.0260 e. The van der Waals surface area contributed by atoms with Crippen LogP contribution >= 0.6 is 31.9 Å². The minimum absolute atomic E-state index is 1.13. The van der Waals surface area contributed by atoms with Crippen molar-refractivity contribution in [2.24, 2.45) is 0 Å². The van der Waals surface area contributed by atoms with Crippen molar-refractivity contribution in [1.82, 2.24) is 0 Å². The lowest BCUT2D eigenvalue weighted by Gasteiger charge is -2.19. The van der Waals surface area contributed by atoms with Gasteiger partial charge in [-0.2, -0.15) is 0 Å². The third-order valence-electron chi connectivity index (χ3n) is 6.52. The summed E-state index contributed by atoms with van der Waals surface area (Å²) in [6.45, 7) is 4.27. The van der Waals surface area contributed by atoms with Crippen LogP contribution in [0.2, 0.25) is 0 Å². The van der Waals surface area contributed by atoms with Crippen LogP contribution in [0, 0.1) is 13.8 Å². The summed E-state index contributed by atoms with van der Waals surface area (Å²) in [7, 11) is 0. The second-order valence-corrected chi connectivity index (χ2v) is 10.3. The molecular formula is C30H20Br2. The second kappa shape index (κ2) is 7.43. The monoisotopic (exact) mass is 538 g/mol. The van der Waals surface area contributed by atoms with Crippen molar-refractivity contribution in [2.75, 3.05) is 0 Å². The highest BCUT2D eigenvalue weighted by Gasteiger charge is 2.18. The second-order valence-electron chi connectivity index (χ2n) is 8.62. The van der Waals surface area contributed by atoms with Crippen LogP contribution in [-0.2, 0) is 0 Å². The fourth-order valence-electron chi connectivity index (χ4n) is 4.85. The molecule has 0 spiro atoms. The molecule has 0 aliphatic carbocycles. The van der Waals surface area contributed by atoms with Crippen molar-refractivity contribution >= 4 is 64.2 Å². The summed E-state index contributed by atoms with van der Waals surface area (Å²) in [4.78, 5) is 0. The number of halogens is 2. The van der Waals surface area contributed by atoms with Gasteiger partial charge >= 0.3 is 0 Å². The highest BCUT2D eigenvalue weighted by molar-refractivity contribution is 9.11. The van der Waals surface area contributed by atoms with Gasteiger partial charge in [0.15, 0.2) is 0 Å². The van der Waals surface area contributed by atoms with E-state index in [0.717, 1.165) is 8.95 Å². The van der Waals surface area contributed by atoms with Crippen molar-refractivity contribution in [1.29, 1.82) is 0 Å². The molecule has 2 heteroatoms. The van der Waals surface area contributed by atoms with E-state index in [2.05, 4.69) is 131 Å². The predicted octanol–water partition coefficient (Wildman–Crippen LogP) is 10.1. The van der Waals surface area contributed by atoms with E-state index in [-0.39, 0.29) is 0 Å². The van der Waals surface area contributed by atoms with Gasteiger partial charge in [-0.1, -0.05) is 116 Å². The lowest BCUT2D eigenvalue weighted by Crippen LogP contribution is -1.91. The van der Waals surface area contributed by atoms with Crippen molar-refractivity contribution in [3.8, 4) is 22.3 Å². The van der Waals surface area contributed by atoms with Gasteiger partial charge in [0.2, 0.25) is 0 Å². The Kier molecular flexibility index (Phi) is 4.64. The quantitative estimate of drug-likeness (QED) is 0.192. The molecule has 0 unspecified atom stereocenters. The first kappa shape index (κ1) is 20.0. The molecule has 0 aliphatic rings. The van der Waals surface area contributed by atoms with E-state index in [9.17, 15) is 0 Å². The molecule has 0 aliphatic heterocycles. The Bertz CT molecular complexity index is 1500. The first-order valence-corrected chi connectivity index (χ1v) is 12.3. The molecule has 0 nitrogen and oxygen atoms in total. The molecule has 6 rings (SSSR count). The minimum atomic E-state index is 1.13. The first-order valence-electron chi connectivity index (χ1n) is 10.7. The van der Waals surface area contributed by atoms with Gasteiger partial charge in [-0.05, 0) is 80.6 Å². The Balaban J connectivity index is 1.77. The molecule has 0 heterocycles. The Labute approximate surface area is 204 Å². The van der Waals surface area contributed by atoms with Gasteiger partial charge in [0, 0.05) is 8.95 Å². The van der Waals surface area contributed by atoms with Gasteiger partial charge in [-0.15, -0.1) is 0 Å². The summed E-state index contributed by atoms with van der Waals surface area (Å²) in [6, 6.07) is 31.3. The van der Waals surface area contributed by atoms with Crippen LogP contribution in [0.4, 0.5) is 0 Å². The Morgan fingerprint density at radius 2 is 0.781 bits per heavy atom. The first-order chi connectivity index (χ1) is 15.5. The van der Waals surface area contributed by atoms with Crippen LogP contribution in [-0.4, -0.2) is 0 Å². The molecule has 154 valence electrons. The largest absolute Gasteiger partial charge is 0.0587 e. The fourth-order valence-corrected chi connectivity index (χ4v) is 5.97. The summed E-state index contributed by atoms with van der Waals surface area (Å²) in [5, 5.41) is 7.72. The third kappa shape index (κ3) is 3.01.